The number of rotatable bonds is 31. The molecule has 0 aromatic carbocycles. The topological polar surface area (TPSA) is 131 Å². The highest BCUT2D eigenvalue weighted by Gasteiger charge is 2.33. The highest BCUT2D eigenvalue weighted by Crippen LogP contribution is 2.11. The largest absolute Gasteiger partial charge is 0.390 e. The van der Waals surface area contributed by atoms with E-state index in [2.05, 4.69) is 56.2 Å². The molecule has 0 aromatic rings. The fraction of sp³-hybridized carbons (Fsp3) is 0.923. The lowest BCUT2D eigenvalue weighted by molar-refractivity contribution is -0.117. The molecule has 304 valence electrons. The molecule has 3 N–H and O–H groups in total. The van der Waals surface area contributed by atoms with Crippen LogP contribution in [0.3, 0.4) is 0 Å². The van der Waals surface area contributed by atoms with Crippen LogP contribution in [-0.4, -0.2) is 167 Å². The Bertz CT molecular complexity index is 816. The summed E-state index contributed by atoms with van der Waals surface area (Å²) in [4.78, 5) is 49.6. The predicted molar refractivity (Wildman–Crippen MR) is 211 cm³/mol. The van der Waals surface area contributed by atoms with Crippen molar-refractivity contribution in [2.24, 2.45) is 0 Å². The third kappa shape index (κ3) is 24.9. The van der Waals surface area contributed by atoms with E-state index in [4.69, 9.17) is 0 Å². The molecule has 0 rings (SSSR count). The highest BCUT2D eigenvalue weighted by molar-refractivity contribution is 5.97. The second-order valence-electron chi connectivity index (χ2n) is 13.8. The van der Waals surface area contributed by atoms with E-state index in [1.54, 1.807) is 0 Å². The molecule has 51 heavy (non-hydrogen) atoms. The number of imide groups is 2. The number of carbonyl (C=O) groups is 3. The Hall–Kier alpha value is -1.83. The van der Waals surface area contributed by atoms with Gasteiger partial charge in [-0.15, -0.1) is 0 Å². The molecule has 0 spiro atoms. The number of aliphatic hydroxyl groups is 3. The number of nitrogens with zero attached hydrogens (tertiary/aromatic N) is 6. The second kappa shape index (κ2) is 34.0. The van der Waals surface area contributed by atoms with Crippen molar-refractivity contribution in [1.82, 2.24) is 29.4 Å². The van der Waals surface area contributed by atoms with E-state index < -0.39 is 30.4 Å². The first-order valence-corrected chi connectivity index (χ1v) is 20.5. The molecule has 3 unspecified atom stereocenters. The van der Waals surface area contributed by atoms with Gasteiger partial charge in [-0.05, 0) is 77.8 Å². The quantitative estimate of drug-likeness (QED) is 0.0766. The maximum atomic E-state index is 13.9. The number of urea groups is 2. The molecule has 0 heterocycles. The second-order valence-corrected chi connectivity index (χ2v) is 13.8. The SMILES string of the molecule is CC.CCCCN(CCCC)CC(O)CN(C)C(=O)N(CC(O)CN(CCCC)CCCC)C(=O)N(C=O)CC(O)CN(CCCC)CCCC. The minimum Gasteiger partial charge on any atom is -0.390 e. The van der Waals surface area contributed by atoms with Gasteiger partial charge in [0.2, 0.25) is 6.41 Å². The average Bonchev–Trinajstić information content (AvgIpc) is 3.12. The van der Waals surface area contributed by atoms with Crippen LogP contribution in [0.4, 0.5) is 9.59 Å². The average molecular weight is 731 g/mol. The third-order valence-electron chi connectivity index (χ3n) is 8.82. The molecule has 0 saturated heterocycles. The maximum absolute atomic E-state index is 13.9. The zero-order chi connectivity index (χ0) is 39.0. The monoisotopic (exact) mass is 731 g/mol. The highest BCUT2D eigenvalue weighted by atomic mass is 16.3. The molecule has 0 fully saturated rings. The van der Waals surface area contributed by atoms with Gasteiger partial charge in [0, 0.05) is 33.2 Å². The summed E-state index contributed by atoms with van der Waals surface area (Å²) in [5.74, 6) is 0. The van der Waals surface area contributed by atoms with E-state index in [9.17, 15) is 29.7 Å². The molecular weight excluding hydrogens is 648 g/mol. The smallest absolute Gasteiger partial charge is 0.334 e. The van der Waals surface area contributed by atoms with Crippen LogP contribution in [0, 0.1) is 0 Å². The molecule has 0 aliphatic rings. The van der Waals surface area contributed by atoms with Crippen LogP contribution in [-0.2, 0) is 4.79 Å². The molecule has 0 aliphatic heterocycles. The standard InChI is InChI=1S/C37H76N6O6.C2H6/c1-8-14-20-39(21-15-9-2)27-33(45)26-38(7)36(48)43(31-35(47)29-41(24-18-12-5)25-19-13-6)37(49)42(32-44)30-34(46)28-40(22-16-10-3)23-17-11-4;1-2/h32-35,45-47H,8-31H2,1-7H3;1-2H3. The molecule has 0 aliphatic carbocycles. The number of likely N-dealkylation sites (N-methyl/N-ethyl adjacent to an activating group) is 1. The lowest BCUT2D eigenvalue weighted by atomic mass is 10.2. The molecule has 12 nitrogen and oxygen atoms in total. The van der Waals surface area contributed by atoms with Gasteiger partial charge in [0.15, 0.2) is 0 Å². The number of carbonyl (C=O) groups excluding carboxylic acids is 3. The van der Waals surface area contributed by atoms with E-state index >= 15 is 0 Å². The fourth-order valence-corrected chi connectivity index (χ4v) is 5.84. The summed E-state index contributed by atoms with van der Waals surface area (Å²) in [6, 6.07) is -1.60. The molecular formula is C39H82N6O6. The van der Waals surface area contributed by atoms with Crippen LogP contribution in [0.15, 0.2) is 0 Å². The van der Waals surface area contributed by atoms with Crippen LogP contribution in [0.5, 0.6) is 0 Å². The van der Waals surface area contributed by atoms with Gasteiger partial charge in [-0.25, -0.2) is 14.5 Å². The first-order chi connectivity index (χ1) is 24.5. The predicted octanol–water partition coefficient (Wildman–Crippen LogP) is 5.73. The van der Waals surface area contributed by atoms with Gasteiger partial charge in [-0.2, -0.15) is 0 Å². The Morgan fingerprint density at radius 2 is 0.784 bits per heavy atom. The number of hydrogen-bond acceptors (Lipinski definition) is 9. The fourth-order valence-electron chi connectivity index (χ4n) is 5.84. The Kier molecular flexibility index (Phi) is 34.2. The number of hydrogen-bond donors (Lipinski definition) is 3. The van der Waals surface area contributed by atoms with Gasteiger partial charge in [-0.1, -0.05) is 93.9 Å². The first kappa shape index (κ1) is 51.3. The minimum absolute atomic E-state index is 0.0138. The zero-order valence-electron chi connectivity index (χ0n) is 34.5. The molecule has 0 radical (unpaired) electrons. The van der Waals surface area contributed by atoms with Crippen LogP contribution in [0.1, 0.15) is 132 Å². The van der Waals surface area contributed by atoms with Crippen molar-refractivity contribution >= 4 is 18.5 Å². The number of amides is 5. The third-order valence-corrected chi connectivity index (χ3v) is 8.82. The Balaban J connectivity index is 0. The van der Waals surface area contributed by atoms with Crippen molar-refractivity contribution in [3.05, 3.63) is 0 Å². The Labute approximate surface area is 313 Å². The minimum atomic E-state index is -1.05. The van der Waals surface area contributed by atoms with Crippen molar-refractivity contribution in [2.45, 2.75) is 151 Å². The van der Waals surface area contributed by atoms with Gasteiger partial charge in [0.25, 0.3) is 0 Å². The van der Waals surface area contributed by atoms with Crippen LogP contribution in [0.25, 0.3) is 0 Å². The van der Waals surface area contributed by atoms with Crippen molar-refractivity contribution in [3.63, 3.8) is 0 Å². The van der Waals surface area contributed by atoms with E-state index in [0.717, 1.165) is 126 Å². The first-order valence-electron chi connectivity index (χ1n) is 20.5. The van der Waals surface area contributed by atoms with Gasteiger partial charge in [0.05, 0.1) is 31.4 Å². The van der Waals surface area contributed by atoms with E-state index in [0.29, 0.717) is 19.5 Å². The molecule has 0 bridgehead atoms. The molecule has 3 atom stereocenters. The lowest BCUT2D eigenvalue weighted by Gasteiger charge is -2.34. The lowest BCUT2D eigenvalue weighted by Crippen LogP contribution is -2.56. The maximum Gasteiger partial charge on any atom is 0.334 e. The van der Waals surface area contributed by atoms with Gasteiger partial charge < -0.3 is 34.9 Å². The van der Waals surface area contributed by atoms with Gasteiger partial charge >= 0.3 is 12.1 Å². The number of unbranched alkanes of at least 4 members (excludes halogenated alkanes) is 6. The summed E-state index contributed by atoms with van der Waals surface area (Å²) in [5, 5.41) is 33.2. The number of aliphatic hydroxyl groups excluding tert-OH is 3. The molecule has 5 amide bonds. The van der Waals surface area contributed by atoms with E-state index in [1.807, 2.05) is 13.8 Å². The molecule has 0 saturated carbocycles. The summed E-state index contributed by atoms with van der Waals surface area (Å²) < 4.78 is 0. The summed E-state index contributed by atoms with van der Waals surface area (Å²) in [7, 11) is 1.52. The molecule has 0 aromatic heterocycles. The van der Waals surface area contributed by atoms with Gasteiger partial charge in [0.1, 0.15) is 0 Å². The van der Waals surface area contributed by atoms with Crippen LogP contribution < -0.4 is 0 Å². The van der Waals surface area contributed by atoms with E-state index in [-0.39, 0.29) is 26.2 Å². The Morgan fingerprint density at radius 3 is 1.08 bits per heavy atom. The zero-order valence-corrected chi connectivity index (χ0v) is 34.5. The summed E-state index contributed by atoms with van der Waals surface area (Å²) in [5.41, 5.74) is 0. The summed E-state index contributed by atoms with van der Waals surface area (Å²) in [6.45, 7) is 22.0. The van der Waals surface area contributed by atoms with Crippen molar-refractivity contribution in [1.29, 1.82) is 0 Å². The van der Waals surface area contributed by atoms with Crippen molar-refractivity contribution < 1.29 is 29.7 Å². The normalized spacial score (nSPS) is 13.2. The van der Waals surface area contributed by atoms with Crippen molar-refractivity contribution in [2.75, 3.05) is 85.6 Å². The van der Waals surface area contributed by atoms with Gasteiger partial charge in [-0.3, -0.25) is 9.69 Å². The molecule has 12 heteroatoms. The van der Waals surface area contributed by atoms with Crippen LogP contribution >= 0.6 is 0 Å². The summed E-state index contributed by atoms with van der Waals surface area (Å²) >= 11 is 0. The Morgan fingerprint density at radius 1 is 0.490 bits per heavy atom. The summed E-state index contributed by atoms with van der Waals surface area (Å²) in [6.07, 6.45) is 9.53. The van der Waals surface area contributed by atoms with Crippen LogP contribution in [0.2, 0.25) is 0 Å². The van der Waals surface area contributed by atoms with E-state index in [1.165, 1.54) is 11.9 Å². The van der Waals surface area contributed by atoms with Crippen molar-refractivity contribution in [3.8, 4) is 0 Å².